The van der Waals surface area contributed by atoms with E-state index in [4.69, 9.17) is 67.8 Å². The van der Waals surface area contributed by atoms with Gasteiger partial charge in [-0.05, 0) is 47.3 Å². The highest BCUT2D eigenvalue weighted by atomic mass is 32.2. The fraction of sp³-hybridized carbons (Fsp3) is 0.289. The summed E-state index contributed by atoms with van der Waals surface area (Å²) in [5.41, 5.74) is 0.900. The molecule has 0 aliphatic rings. The van der Waals surface area contributed by atoms with E-state index in [1.165, 1.54) is 47.0 Å². The molecule has 0 aliphatic heterocycles. The number of benzene rings is 4. The molecule has 0 aliphatic carbocycles. The molecule has 0 saturated heterocycles. The van der Waals surface area contributed by atoms with Crippen LogP contribution in [0.25, 0.3) is 0 Å². The van der Waals surface area contributed by atoms with E-state index in [0.717, 1.165) is 47.0 Å². The lowest BCUT2D eigenvalue weighted by Gasteiger charge is -2.33. The highest BCUT2D eigenvalue weighted by Gasteiger charge is 2.42. The van der Waals surface area contributed by atoms with Crippen LogP contribution < -0.4 is 0 Å². The Labute approximate surface area is 436 Å². The highest BCUT2D eigenvalue weighted by molar-refractivity contribution is 8.48. The number of hydrogen-bond acceptors (Lipinski definition) is 20. The van der Waals surface area contributed by atoms with Crippen LogP contribution >= 0.6 is 143 Å². The first-order chi connectivity index (χ1) is 31.3. The monoisotopic (exact) mass is 1100 g/mol. The summed E-state index contributed by atoms with van der Waals surface area (Å²) < 4.78 is 26.7. The Morgan fingerprint density at radius 1 is 0.385 bits per heavy atom. The number of hydrogen-bond donors (Lipinski definition) is 0. The van der Waals surface area contributed by atoms with Crippen LogP contribution in [0.15, 0.2) is 121 Å². The average molecular weight is 1100 g/mol. The van der Waals surface area contributed by atoms with Crippen LogP contribution in [-0.4, -0.2) is 89.4 Å². The Bertz CT molecular complexity index is 1900. The molecule has 4 atom stereocenters. The van der Waals surface area contributed by atoms with Gasteiger partial charge in [-0.3, -0.25) is 19.2 Å². The summed E-state index contributed by atoms with van der Waals surface area (Å²) in [6.07, 6.45) is 7.27. The first-order valence-corrected chi connectivity index (χ1v) is 29.2. The first kappa shape index (κ1) is 55.5. The molecule has 4 aromatic carbocycles. The Morgan fingerprint density at radius 3 is 0.738 bits per heavy atom. The Kier molecular flexibility index (Phi) is 25.4. The molecular weight excluding hydrogens is 1050 g/mol. The Hall–Kier alpha value is -2.08. The van der Waals surface area contributed by atoms with E-state index in [2.05, 4.69) is 0 Å². The summed E-state index contributed by atoms with van der Waals surface area (Å²) in [7, 11) is 0. The average Bonchev–Trinajstić information content (AvgIpc) is 3.35. The standard InChI is InChI=1S/C45H44O8S12/c1-58-41(54)62-33(29-17-9-5-10-18-29)37(46)50-25-45(26-51-38(47)34(63-42(55)59-2)30-19-11-6-12-20-30,27-52-39(48)35(64-43(56)60-3)31-21-13-7-14-22-31)28-53-40(49)36(65-44(57)61-4)32-23-15-8-16-24-32/h5-24,33-36H,25-28H2,1-4H3. The van der Waals surface area contributed by atoms with Crippen LogP contribution in [0.2, 0.25) is 0 Å². The maximum atomic E-state index is 14.3. The smallest absolute Gasteiger partial charge is 0.324 e. The second-order valence-corrected chi connectivity index (χ2v) is 25.8. The summed E-state index contributed by atoms with van der Waals surface area (Å²) in [6.45, 7) is -2.05. The third-order valence-electron chi connectivity index (χ3n) is 8.87. The third kappa shape index (κ3) is 18.4. The fourth-order valence-electron chi connectivity index (χ4n) is 5.55. The van der Waals surface area contributed by atoms with E-state index in [0.29, 0.717) is 36.4 Å². The van der Waals surface area contributed by atoms with Gasteiger partial charge in [-0.15, -0.1) is 47.0 Å². The SMILES string of the molecule is CSC(=S)SC(C(=O)OCC(COC(=O)C(SC(=S)SC)c1ccccc1)(COC(=O)C(SC(=S)SC)c1ccccc1)COC(=O)C(SC(=S)SC)c1ccccc1)c1ccccc1. The quantitative estimate of drug-likeness (QED) is 0.0476. The van der Waals surface area contributed by atoms with Gasteiger partial charge in [-0.2, -0.15) is 0 Å². The molecule has 4 aromatic rings. The second-order valence-electron chi connectivity index (χ2n) is 13.4. The number of thioether (sulfide) groups is 8. The van der Waals surface area contributed by atoms with Crippen molar-refractivity contribution in [2.45, 2.75) is 21.0 Å². The predicted octanol–water partition coefficient (Wildman–Crippen LogP) is 12.6. The van der Waals surface area contributed by atoms with Gasteiger partial charge >= 0.3 is 23.9 Å². The predicted molar refractivity (Wildman–Crippen MR) is 298 cm³/mol. The van der Waals surface area contributed by atoms with Gasteiger partial charge in [0.05, 0.1) is 0 Å². The molecule has 344 valence electrons. The van der Waals surface area contributed by atoms with E-state index in [-0.39, 0.29) is 0 Å². The minimum atomic E-state index is -1.66. The number of carbonyl (C=O) groups excluding carboxylic acids is 4. The van der Waals surface area contributed by atoms with Gasteiger partial charge in [-0.25, -0.2) is 0 Å². The highest BCUT2D eigenvalue weighted by Crippen LogP contribution is 2.40. The molecule has 0 saturated carbocycles. The second kappa shape index (κ2) is 29.7. The van der Waals surface area contributed by atoms with Crippen LogP contribution in [0.1, 0.15) is 43.3 Å². The van der Waals surface area contributed by atoms with Gasteiger partial charge in [0.1, 0.15) is 67.0 Å². The third-order valence-corrected chi connectivity index (χ3v) is 20.1. The van der Waals surface area contributed by atoms with Crippen LogP contribution in [0.5, 0.6) is 0 Å². The van der Waals surface area contributed by atoms with Gasteiger partial charge in [0, 0.05) is 0 Å². The number of esters is 4. The maximum absolute atomic E-state index is 14.3. The summed E-state index contributed by atoms with van der Waals surface area (Å²) >= 11 is 32.0. The van der Waals surface area contributed by atoms with Gasteiger partial charge < -0.3 is 18.9 Å². The van der Waals surface area contributed by atoms with E-state index in [9.17, 15) is 19.2 Å². The lowest BCUT2D eigenvalue weighted by molar-refractivity contribution is -0.170. The zero-order valence-electron chi connectivity index (χ0n) is 35.3. The van der Waals surface area contributed by atoms with E-state index >= 15 is 0 Å². The van der Waals surface area contributed by atoms with Crippen LogP contribution in [0, 0.1) is 5.41 Å². The molecule has 0 N–H and O–H groups in total. The molecule has 0 amide bonds. The lowest BCUT2D eigenvalue weighted by Crippen LogP contribution is -2.45. The Balaban J connectivity index is 1.81. The van der Waals surface area contributed by atoms with Crippen molar-refractivity contribution in [1.82, 2.24) is 0 Å². The van der Waals surface area contributed by atoms with Gasteiger partial charge in [-0.1, -0.05) is 217 Å². The Morgan fingerprint density at radius 2 is 0.569 bits per heavy atom. The molecule has 65 heavy (non-hydrogen) atoms. The molecule has 4 rings (SSSR count). The molecule has 0 heterocycles. The number of ether oxygens (including phenoxy) is 4. The normalized spacial score (nSPS) is 13.7. The largest absolute Gasteiger partial charge is 0.464 e. The zero-order chi connectivity index (χ0) is 47.2. The molecule has 4 unspecified atom stereocenters. The van der Waals surface area contributed by atoms with E-state index in [1.807, 2.05) is 49.3 Å². The number of thiocarbonyl (C=S) groups is 4. The first-order valence-electron chi connectivity index (χ1n) is 19.2. The number of rotatable bonds is 20. The maximum Gasteiger partial charge on any atom is 0.324 e. The van der Waals surface area contributed by atoms with Crippen molar-refractivity contribution in [3.63, 3.8) is 0 Å². The molecule has 0 radical (unpaired) electrons. The van der Waals surface area contributed by atoms with Crippen LogP contribution in [0.3, 0.4) is 0 Å². The molecule has 20 heteroatoms. The minimum Gasteiger partial charge on any atom is -0.464 e. The van der Waals surface area contributed by atoms with Gasteiger partial charge in [0.15, 0.2) is 0 Å². The summed E-state index contributed by atoms with van der Waals surface area (Å²) in [4.78, 5) is 57.2. The van der Waals surface area contributed by atoms with Crippen molar-refractivity contribution in [2.75, 3.05) is 51.5 Å². The molecule has 8 nitrogen and oxygen atoms in total. The topological polar surface area (TPSA) is 105 Å². The molecule has 0 fully saturated rings. The van der Waals surface area contributed by atoms with Crippen LogP contribution in [-0.2, 0) is 38.1 Å². The molecule has 0 spiro atoms. The van der Waals surface area contributed by atoms with Crippen molar-refractivity contribution in [1.29, 1.82) is 0 Å². The van der Waals surface area contributed by atoms with Crippen LogP contribution in [0.4, 0.5) is 0 Å². The summed E-state index contributed by atoms with van der Waals surface area (Å²) in [5, 5.41) is -3.53. The molecular formula is C45H44O8S12. The van der Waals surface area contributed by atoms with Crippen molar-refractivity contribution >= 4 is 181 Å². The van der Waals surface area contributed by atoms with Gasteiger partial charge in [0.2, 0.25) is 0 Å². The molecule has 0 aromatic heterocycles. The summed E-state index contributed by atoms with van der Waals surface area (Å²) in [5.74, 6) is -2.67. The van der Waals surface area contributed by atoms with Crippen molar-refractivity contribution in [2.24, 2.45) is 5.41 Å². The summed E-state index contributed by atoms with van der Waals surface area (Å²) in [6, 6.07) is 36.1. The van der Waals surface area contributed by atoms with E-state index < -0.39 is 76.7 Å². The van der Waals surface area contributed by atoms with Crippen molar-refractivity contribution in [3.05, 3.63) is 144 Å². The minimum absolute atomic E-state index is 0.506. The number of carbonyl (C=O) groups is 4. The van der Waals surface area contributed by atoms with Gasteiger partial charge in [0.25, 0.3) is 0 Å². The van der Waals surface area contributed by atoms with E-state index in [1.54, 1.807) is 97.1 Å². The zero-order valence-corrected chi connectivity index (χ0v) is 45.1. The lowest BCUT2D eigenvalue weighted by atomic mass is 9.92. The molecule has 0 bridgehead atoms. The van der Waals surface area contributed by atoms with Crippen molar-refractivity contribution in [3.8, 4) is 0 Å². The van der Waals surface area contributed by atoms with Crippen molar-refractivity contribution < 1.29 is 38.1 Å². The fourth-order valence-corrected chi connectivity index (χ4v) is 12.0.